The van der Waals surface area contributed by atoms with Crippen LogP contribution < -0.4 is 5.43 Å². The predicted octanol–water partition coefficient (Wildman–Crippen LogP) is 4.14. The maximum Gasteiger partial charge on any atom is 0.288 e. The van der Waals surface area contributed by atoms with Crippen molar-refractivity contribution in [3.05, 3.63) is 68.2 Å². The van der Waals surface area contributed by atoms with Gasteiger partial charge >= 0.3 is 0 Å². The molecule has 9 heteroatoms. The van der Waals surface area contributed by atoms with E-state index in [1.54, 1.807) is 18.2 Å². The third kappa shape index (κ3) is 5.52. The number of nitrogens with zero attached hydrogens (tertiary/aromatic N) is 2. The zero-order valence-corrected chi connectivity index (χ0v) is 14.4. The van der Waals surface area contributed by atoms with Crippen molar-refractivity contribution in [1.82, 2.24) is 5.43 Å². The van der Waals surface area contributed by atoms with Crippen molar-refractivity contribution in [3.63, 3.8) is 0 Å². The molecular weight excluding hydrogens is 373 g/mol. The number of nitro groups is 1. The molecular formula is C15H11Cl2N3O3S. The lowest BCUT2D eigenvalue weighted by molar-refractivity contribution is -0.384. The Morgan fingerprint density at radius 1 is 1.25 bits per heavy atom. The molecule has 0 saturated carbocycles. The summed E-state index contributed by atoms with van der Waals surface area (Å²) in [6, 6.07) is 11.4. The van der Waals surface area contributed by atoms with Gasteiger partial charge in [-0.3, -0.25) is 14.9 Å². The van der Waals surface area contributed by atoms with E-state index >= 15 is 0 Å². The summed E-state index contributed by atoms with van der Waals surface area (Å²) in [5.41, 5.74) is 2.59. The van der Waals surface area contributed by atoms with E-state index in [2.05, 4.69) is 10.5 Å². The normalized spacial score (nSPS) is 10.8. The molecule has 0 unspecified atom stereocenters. The molecule has 6 nitrogen and oxygen atoms in total. The molecule has 0 heterocycles. The lowest BCUT2D eigenvalue weighted by Gasteiger charge is -2.01. The van der Waals surface area contributed by atoms with E-state index < -0.39 is 4.92 Å². The van der Waals surface area contributed by atoms with Crippen molar-refractivity contribution in [2.75, 3.05) is 5.75 Å². The van der Waals surface area contributed by atoms with Crippen molar-refractivity contribution >= 4 is 52.8 Å². The van der Waals surface area contributed by atoms with Gasteiger partial charge in [0.1, 0.15) is 5.02 Å². The highest BCUT2D eigenvalue weighted by Crippen LogP contribution is 2.24. The summed E-state index contributed by atoms with van der Waals surface area (Å²) in [6.45, 7) is 0. The average Bonchev–Trinajstić information content (AvgIpc) is 2.55. The van der Waals surface area contributed by atoms with Crippen LogP contribution in [0.3, 0.4) is 0 Å². The second-order valence-electron chi connectivity index (χ2n) is 4.50. The van der Waals surface area contributed by atoms with Gasteiger partial charge in [-0.05, 0) is 30.3 Å². The Kier molecular flexibility index (Phi) is 6.60. The van der Waals surface area contributed by atoms with E-state index in [-0.39, 0.29) is 22.4 Å². The Morgan fingerprint density at radius 2 is 1.96 bits per heavy atom. The molecule has 124 valence electrons. The molecule has 0 saturated heterocycles. The summed E-state index contributed by atoms with van der Waals surface area (Å²) in [7, 11) is 0. The predicted molar refractivity (Wildman–Crippen MR) is 96.0 cm³/mol. The minimum absolute atomic E-state index is 0.0422. The molecule has 2 aromatic carbocycles. The van der Waals surface area contributed by atoms with Crippen molar-refractivity contribution < 1.29 is 9.72 Å². The highest BCUT2D eigenvalue weighted by Gasteiger charge is 2.11. The number of hydrazone groups is 1. The van der Waals surface area contributed by atoms with Crippen molar-refractivity contribution in [2.24, 2.45) is 5.10 Å². The van der Waals surface area contributed by atoms with Crippen LogP contribution in [0.15, 0.2) is 52.5 Å². The Labute approximate surface area is 152 Å². The number of amides is 1. The van der Waals surface area contributed by atoms with Crippen LogP contribution in [0.2, 0.25) is 10.0 Å². The van der Waals surface area contributed by atoms with E-state index in [4.69, 9.17) is 23.2 Å². The van der Waals surface area contributed by atoms with Crippen molar-refractivity contribution in [1.29, 1.82) is 0 Å². The van der Waals surface area contributed by atoms with Gasteiger partial charge in [0.05, 0.1) is 16.9 Å². The first-order chi connectivity index (χ1) is 11.5. The van der Waals surface area contributed by atoms with Gasteiger partial charge in [-0.1, -0.05) is 29.3 Å². The van der Waals surface area contributed by atoms with Gasteiger partial charge < -0.3 is 0 Å². The Bertz CT molecular complexity index is 782. The number of halogens is 2. The van der Waals surface area contributed by atoms with Gasteiger partial charge in [-0.15, -0.1) is 11.8 Å². The van der Waals surface area contributed by atoms with Gasteiger partial charge in [-0.2, -0.15) is 5.10 Å². The maximum absolute atomic E-state index is 11.7. The molecule has 0 spiro atoms. The Balaban J connectivity index is 1.87. The lowest BCUT2D eigenvalue weighted by atomic mass is 10.2. The topological polar surface area (TPSA) is 84.6 Å². The summed E-state index contributed by atoms with van der Waals surface area (Å²) in [4.78, 5) is 22.8. The molecule has 0 aromatic heterocycles. The number of carbonyl (C=O) groups is 1. The molecule has 0 aliphatic rings. The van der Waals surface area contributed by atoms with E-state index in [9.17, 15) is 14.9 Å². The summed E-state index contributed by atoms with van der Waals surface area (Å²) < 4.78 is 0. The van der Waals surface area contributed by atoms with Gasteiger partial charge in [-0.25, -0.2) is 5.43 Å². The molecule has 0 aliphatic heterocycles. The van der Waals surface area contributed by atoms with E-state index in [0.29, 0.717) is 10.6 Å². The van der Waals surface area contributed by atoms with Gasteiger partial charge in [0.15, 0.2) is 0 Å². The first-order valence-electron chi connectivity index (χ1n) is 6.60. The minimum Gasteiger partial charge on any atom is -0.272 e. The van der Waals surface area contributed by atoms with Gasteiger partial charge in [0.2, 0.25) is 5.91 Å². The Morgan fingerprint density at radius 3 is 2.62 bits per heavy atom. The summed E-state index contributed by atoms with van der Waals surface area (Å²) >= 11 is 12.8. The lowest BCUT2D eigenvalue weighted by Crippen LogP contribution is -2.19. The number of carbonyl (C=O) groups excluding carboxylic acids is 1. The van der Waals surface area contributed by atoms with E-state index in [1.807, 2.05) is 12.1 Å². The van der Waals surface area contributed by atoms with Crippen LogP contribution >= 0.6 is 35.0 Å². The SMILES string of the molecule is O=C(CSc1ccc(Cl)cc1)N/N=C/c1ccc(Cl)c([N+](=O)[O-])c1. The van der Waals surface area contributed by atoms with Crippen LogP contribution in [0.5, 0.6) is 0 Å². The highest BCUT2D eigenvalue weighted by atomic mass is 35.5. The quantitative estimate of drug-likeness (QED) is 0.351. The van der Waals surface area contributed by atoms with Crippen LogP contribution in [0.25, 0.3) is 0 Å². The summed E-state index contributed by atoms with van der Waals surface area (Å²) in [5, 5.41) is 15.2. The fourth-order valence-corrected chi connectivity index (χ4v) is 2.64. The van der Waals surface area contributed by atoms with Gasteiger partial charge in [0.25, 0.3) is 5.69 Å². The van der Waals surface area contributed by atoms with Crippen LogP contribution in [-0.4, -0.2) is 22.8 Å². The highest BCUT2D eigenvalue weighted by molar-refractivity contribution is 8.00. The number of benzene rings is 2. The minimum atomic E-state index is -0.582. The number of nitrogens with one attached hydrogen (secondary N) is 1. The van der Waals surface area contributed by atoms with E-state index in [1.165, 1.54) is 30.1 Å². The molecule has 1 amide bonds. The van der Waals surface area contributed by atoms with Crippen molar-refractivity contribution in [3.8, 4) is 0 Å². The van der Waals surface area contributed by atoms with Crippen LogP contribution in [0.4, 0.5) is 5.69 Å². The molecule has 2 rings (SSSR count). The number of hydrogen-bond donors (Lipinski definition) is 1. The first kappa shape index (κ1) is 18.3. The van der Waals surface area contributed by atoms with Crippen LogP contribution in [-0.2, 0) is 4.79 Å². The molecule has 24 heavy (non-hydrogen) atoms. The third-order valence-electron chi connectivity index (χ3n) is 2.75. The molecule has 1 N–H and O–H groups in total. The van der Waals surface area contributed by atoms with Gasteiger partial charge in [0, 0.05) is 21.5 Å². The third-order valence-corrected chi connectivity index (χ3v) is 4.34. The molecule has 0 bridgehead atoms. The number of rotatable bonds is 6. The molecule has 0 atom stereocenters. The Hall–Kier alpha value is -2.09. The second kappa shape index (κ2) is 8.68. The summed E-state index contributed by atoms with van der Waals surface area (Å²) in [6.07, 6.45) is 1.31. The standard InChI is InChI=1S/C15H11Cl2N3O3S/c16-11-2-4-12(5-3-11)24-9-15(21)19-18-8-10-1-6-13(17)14(7-10)20(22)23/h1-8H,9H2,(H,19,21)/b18-8+. The average molecular weight is 384 g/mol. The van der Waals surface area contributed by atoms with Crippen LogP contribution in [0, 0.1) is 10.1 Å². The first-order valence-corrected chi connectivity index (χ1v) is 8.34. The largest absolute Gasteiger partial charge is 0.288 e. The monoisotopic (exact) mass is 383 g/mol. The number of hydrogen-bond acceptors (Lipinski definition) is 5. The summed E-state index contributed by atoms with van der Waals surface area (Å²) in [5.74, 6) is -0.116. The zero-order valence-electron chi connectivity index (χ0n) is 12.1. The second-order valence-corrected chi connectivity index (χ2v) is 6.40. The number of thioether (sulfide) groups is 1. The molecule has 0 fully saturated rings. The smallest absolute Gasteiger partial charge is 0.272 e. The van der Waals surface area contributed by atoms with Crippen molar-refractivity contribution in [2.45, 2.75) is 4.90 Å². The fraction of sp³-hybridized carbons (Fsp3) is 0.0667. The zero-order chi connectivity index (χ0) is 17.5. The molecule has 0 aliphatic carbocycles. The van der Waals surface area contributed by atoms with Crippen LogP contribution in [0.1, 0.15) is 5.56 Å². The molecule has 2 aromatic rings. The molecule has 0 radical (unpaired) electrons. The maximum atomic E-state index is 11.7. The fourth-order valence-electron chi connectivity index (χ4n) is 1.64. The van der Waals surface area contributed by atoms with E-state index in [0.717, 1.165) is 4.90 Å². The number of nitro benzene ring substituents is 1.